The number of aliphatic imine (C=N–C) groups is 1. The topological polar surface area (TPSA) is 38.7 Å². The highest BCUT2D eigenvalue weighted by atomic mass is 16.5. The van der Waals surface area contributed by atoms with Crippen LogP contribution in [0.4, 0.5) is 0 Å². The van der Waals surface area contributed by atoms with Crippen molar-refractivity contribution in [2.24, 2.45) is 4.99 Å². The van der Waals surface area contributed by atoms with Crippen LogP contribution in [0.3, 0.4) is 0 Å². The lowest BCUT2D eigenvalue weighted by molar-refractivity contribution is -0.144. The summed E-state index contributed by atoms with van der Waals surface area (Å²) in [5, 5.41) is 0. The van der Waals surface area contributed by atoms with E-state index in [-0.39, 0.29) is 5.97 Å². The molecule has 3 nitrogen and oxygen atoms in total. The summed E-state index contributed by atoms with van der Waals surface area (Å²) < 4.78 is 5.03. The van der Waals surface area contributed by atoms with Crippen LogP contribution < -0.4 is 0 Å². The standard InChI is InChI=1S/C18H19NO2/c1-3-21-18(20)14(2)19-17(15-10-6-4-7-11-15)16-12-8-5-9-13-16/h4-14H,3H2,1-2H3. The Bertz CT molecular complexity index is 564. The van der Waals surface area contributed by atoms with Crippen molar-refractivity contribution in [2.45, 2.75) is 19.9 Å². The molecular formula is C18H19NO2. The summed E-state index contributed by atoms with van der Waals surface area (Å²) in [5.74, 6) is -0.304. The molecule has 0 aliphatic heterocycles. The molecule has 0 spiro atoms. The number of hydrogen-bond donors (Lipinski definition) is 0. The zero-order chi connectivity index (χ0) is 15.1. The summed E-state index contributed by atoms with van der Waals surface area (Å²) in [6.07, 6.45) is 0. The molecule has 1 atom stereocenters. The molecule has 21 heavy (non-hydrogen) atoms. The second-order valence-electron chi connectivity index (χ2n) is 4.64. The lowest BCUT2D eigenvalue weighted by atomic mass is 10.0. The fourth-order valence-electron chi connectivity index (χ4n) is 2.02. The van der Waals surface area contributed by atoms with E-state index in [2.05, 4.69) is 4.99 Å². The minimum Gasteiger partial charge on any atom is -0.464 e. The lowest BCUT2D eigenvalue weighted by Gasteiger charge is -2.11. The van der Waals surface area contributed by atoms with Crippen molar-refractivity contribution in [3.8, 4) is 0 Å². The van der Waals surface area contributed by atoms with E-state index in [1.807, 2.05) is 60.7 Å². The Morgan fingerprint density at radius 1 is 1.00 bits per heavy atom. The van der Waals surface area contributed by atoms with Crippen molar-refractivity contribution < 1.29 is 9.53 Å². The van der Waals surface area contributed by atoms with Gasteiger partial charge < -0.3 is 4.74 Å². The number of esters is 1. The number of ether oxygens (including phenoxy) is 1. The number of carbonyl (C=O) groups excluding carboxylic acids is 1. The van der Waals surface area contributed by atoms with Crippen molar-refractivity contribution in [3.05, 3.63) is 71.8 Å². The van der Waals surface area contributed by atoms with Gasteiger partial charge in [-0.05, 0) is 13.8 Å². The predicted octanol–water partition coefficient (Wildman–Crippen LogP) is 3.48. The molecule has 0 N–H and O–H groups in total. The smallest absolute Gasteiger partial charge is 0.330 e. The van der Waals surface area contributed by atoms with Gasteiger partial charge in [0.25, 0.3) is 0 Å². The predicted molar refractivity (Wildman–Crippen MR) is 84.6 cm³/mol. The molecule has 0 heterocycles. The van der Waals surface area contributed by atoms with E-state index in [1.165, 1.54) is 0 Å². The summed E-state index contributed by atoms with van der Waals surface area (Å²) in [4.78, 5) is 16.4. The molecule has 0 aromatic heterocycles. The average Bonchev–Trinajstić information content (AvgIpc) is 2.54. The Morgan fingerprint density at radius 3 is 1.90 bits per heavy atom. The first-order chi connectivity index (χ1) is 10.2. The van der Waals surface area contributed by atoms with Gasteiger partial charge in [-0.2, -0.15) is 0 Å². The number of rotatable bonds is 5. The Kier molecular flexibility index (Phi) is 5.27. The molecule has 0 radical (unpaired) electrons. The molecular weight excluding hydrogens is 262 g/mol. The average molecular weight is 281 g/mol. The van der Waals surface area contributed by atoms with Crippen molar-refractivity contribution >= 4 is 11.7 Å². The van der Waals surface area contributed by atoms with Crippen LogP contribution in [0.1, 0.15) is 25.0 Å². The molecule has 2 aromatic carbocycles. The third-order valence-electron chi connectivity index (χ3n) is 3.04. The van der Waals surface area contributed by atoms with Gasteiger partial charge in [0.1, 0.15) is 6.04 Å². The minimum atomic E-state index is -0.527. The summed E-state index contributed by atoms with van der Waals surface area (Å²) >= 11 is 0. The molecule has 0 aliphatic rings. The zero-order valence-electron chi connectivity index (χ0n) is 12.3. The van der Waals surface area contributed by atoms with Crippen molar-refractivity contribution in [2.75, 3.05) is 6.61 Å². The Morgan fingerprint density at radius 2 is 1.48 bits per heavy atom. The highest BCUT2D eigenvalue weighted by Crippen LogP contribution is 2.12. The number of nitrogens with zero attached hydrogens (tertiary/aromatic N) is 1. The van der Waals surface area contributed by atoms with Gasteiger partial charge in [0, 0.05) is 11.1 Å². The quantitative estimate of drug-likeness (QED) is 0.621. The summed E-state index contributed by atoms with van der Waals surface area (Å²) in [5.41, 5.74) is 2.77. The second kappa shape index (κ2) is 7.39. The fourth-order valence-corrected chi connectivity index (χ4v) is 2.02. The molecule has 0 saturated heterocycles. The Balaban J connectivity index is 2.40. The second-order valence-corrected chi connectivity index (χ2v) is 4.64. The van der Waals surface area contributed by atoms with E-state index < -0.39 is 6.04 Å². The molecule has 108 valence electrons. The number of benzene rings is 2. The molecule has 0 saturated carbocycles. The molecule has 3 heteroatoms. The number of carbonyl (C=O) groups is 1. The van der Waals surface area contributed by atoms with Gasteiger partial charge in [0.15, 0.2) is 0 Å². The summed E-state index contributed by atoms with van der Waals surface area (Å²) in [6.45, 7) is 3.91. The molecule has 1 unspecified atom stereocenters. The fraction of sp³-hybridized carbons (Fsp3) is 0.222. The summed E-state index contributed by atoms with van der Waals surface area (Å²) in [7, 11) is 0. The van der Waals surface area contributed by atoms with Crippen LogP contribution in [-0.2, 0) is 9.53 Å². The number of hydrogen-bond acceptors (Lipinski definition) is 3. The van der Waals surface area contributed by atoms with E-state index in [0.29, 0.717) is 6.61 Å². The summed E-state index contributed by atoms with van der Waals surface area (Å²) in [6, 6.07) is 19.2. The highest BCUT2D eigenvalue weighted by molar-refractivity contribution is 6.13. The van der Waals surface area contributed by atoms with Gasteiger partial charge in [-0.1, -0.05) is 60.7 Å². The van der Waals surface area contributed by atoms with Gasteiger partial charge in [0.05, 0.1) is 12.3 Å². The van der Waals surface area contributed by atoms with Crippen LogP contribution in [0, 0.1) is 0 Å². The molecule has 0 bridgehead atoms. The minimum absolute atomic E-state index is 0.304. The Labute approximate surface area is 125 Å². The van der Waals surface area contributed by atoms with Gasteiger partial charge in [-0.25, -0.2) is 4.79 Å². The van der Waals surface area contributed by atoms with Crippen LogP contribution in [0.5, 0.6) is 0 Å². The third-order valence-corrected chi connectivity index (χ3v) is 3.04. The van der Waals surface area contributed by atoms with Gasteiger partial charge in [0.2, 0.25) is 0 Å². The molecule has 0 aliphatic carbocycles. The van der Waals surface area contributed by atoms with Crippen molar-refractivity contribution in [3.63, 3.8) is 0 Å². The third kappa shape index (κ3) is 4.02. The maximum absolute atomic E-state index is 11.8. The molecule has 2 rings (SSSR count). The van der Waals surface area contributed by atoms with Crippen molar-refractivity contribution in [1.29, 1.82) is 0 Å². The largest absolute Gasteiger partial charge is 0.464 e. The van der Waals surface area contributed by atoms with Crippen LogP contribution >= 0.6 is 0 Å². The molecule has 2 aromatic rings. The molecule has 0 amide bonds. The van der Waals surface area contributed by atoms with Crippen LogP contribution in [0.25, 0.3) is 0 Å². The normalized spacial score (nSPS) is 11.5. The SMILES string of the molecule is CCOC(=O)C(C)N=C(c1ccccc1)c1ccccc1. The van der Waals surface area contributed by atoms with Gasteiger partial charge in [-0.15, -0.1) is 0 Å². The van der Waals surface area contributed by atoms with Gasteiger partial charge in [-0.3, -0.25) is 4.99 Å². The van der Waals surface area contributed by atoms with Crippen molar-refractivity contribution in [1.82, 2.24) is 0 Å². The monoisotopic (exact) mass is 281 g/mol. The maximum Gasteiger partial charge on any atom is 0.330 e. The van der Waals surface area contributed by atoms with E-state index >= 15 is 0 Å². The van der Waals surface area contributed by atoms with E-state index in [9.17, 15) is 4.79 Å². The van der Waals surface area contributed by atoms with Crippen LogP contribution in [-0.4, -0.2) is 24.3 Å². The molecule has 0 fully saturated rings. The van der Waals surface area contributed by atoms with Gasteiger partial charge >= 0.3 is 5.97 Å². The van der Waals surface area contributed by atoms with Crippen LogP contribution in [0.2, 0.25) is 0 Å². The first-order valence-corrected chi connectivity index (χ1v) is 7.07. The highest BCUT2D eigenvalue weighted by Gasteiger charge is 2.15. The Hall–Kier alpha value is -2.42. The lowest BCUT2D eigenvalue weighted by Crippen LogP contribution is -2.20. The van der Waals surface area contributed by atoms with Crippen LogP contribution in [0.15, 0.2) is 65.7 Å². The van der Waals surface area contributed by atoms with E-state index in [0.717, 1.165) is 16.8 Å². The maximum atomic E-state index is 11.8. The first-order valence-electron chi connectivity index (χ1n) is 7.07. The van der Waals surface area contributed by atoms with E-state index in [1.54, 1.807) is 13.8 Å². The van der Waals surface area contributed by atoms with E-state index in [4.69, 9.17) is 4.74 Å². The zero-order valence-corrected chi connectivity index (χ0v) is 12.3. The first kappa shape index (κ1) is 15.0.